The van der Waals surface area contributed by atoms with E-state index in [0.717, 1.165) is 44.7 Å². The van der Waals surface area contributed by atoms with Crippen molar-refractivity contribution in [3.63, 3.8) is 0 Å². The van der Waals surface area contributed by atoms with Crippen molar-refractivity contribution >= 4 is 5.91 Å². The van der Waals surface area contributed by atoms with Crippen LogP contribution >= 0.6 is 0 Å². The van der Waals surface area contributed by atoms with E-state index in [0.29, 0.717) is 13.2 Å². The second-order valence-corrected chi connectivity index (χ2v) is 6.32. The van der Waals surface area contributed by atoms with E-state index in [1.54, 1.807) is 0 Å². The number of likely N-dealkylation sites (tertiary alicyclic amines) is 1. The van der Waals surface area contributed by atoms with Gasteiger partial charge in [-0.05, 0) is 32.4 Å². The highest BCUT2D eigenvalue weighted by molar-refractivity contribution is 5.82. The normalized spacial score (nSPS) is 23.7. The molecule has 3 heterocycles. The first kappa shape index (κ1) is 15.5. The fraction of sp³-hybridized carbons (Fsp3) is 0.750. The average molecular weight is 306 g/mol. The second-order valence-electron chi connectivity index (χ2n) is 6.32. The summed E-state index contributed by atoms with van der Waals surface area (Å²) in [6.45, 7) is 6.60. The maximum absolute atomic E-state index is 12.9. The summed E-state index contributed by atoms with van der Waals surface area (Å²) in [5.41, 5.74) is 2.21. The third-order valence-corrected chi connectivity index (χ3v) is 4.69. The molecule has 2 aliphatic rings. The number of hydrogen-bond acceptors (Lipinski definition) is 4. The highest BCUT2D eigenvalue weighted by Crippen LogP contribution is 2.22. The number of carbonyl (C=O) groups is 1. The number of nitrogens with zero attached hydrogens (tertiary/aromatic N) is 4. The summed E-state index contributed by atoms with van der Waals surface area (Å²) in [5.74, 6) is 0.280. The Kier molecular flexibility index (Phi) is 4.78. The number of rotatable bonds is 3. The topological polar surface area (TPSA) is 50.6 Å². The zero-order valence-electron chi connectivity index (χ0n) is 13.6. The Morgan fingerprint density at radius 1 is 1.32 bits per heavy atom. The Labute approximate surface area is 132 Å². The van der Waals surface area contributed by atoms with E-state index < -0.39 is 0 Å². The number of aryl methyl sites for hydroxylation is 2. The summed E-state index contributed by atoms with van der Waals surface area (Å²) < 4.78 is 7.29. The van der Waals surface area contributed by atoms with Crippen molar-refractivity contribution in [3.05, 3.63) is 17.5 Å². The molecular weight excluding hydrogens is 280 g/mol. The highest BCUT2D eigenvalue weighted by Gasteiger charge is 2.32. The van der Waals surface area contributed by atoms with Crippen LogP contribution in [0.1, 0.15) is 30.7 Å². The van der Waals surface area contributed by atoms with Gasteiger partial charge in [-0.2, -0.15) is 5.10 Å². The van der Waals surface area contributed by atoms with Crippen molar-refractivity contribution in [2.24, 2.45) is 7.05 Å². The van der Waals surface area contributed by atoms with Crippen LogP contribution in [-0.2, 0) is 23.1 Å². The number of ether oxygens (including phenoxy) is 1. The van der Waals surface area contributed by atoms with Gasteiger partial charge in [0, 0.05) is 26.7 Å². The van der Waals surface area contributed by atoms with Gasteiger partial charge in [-0.15, -0.1) is 0 Å². The quantitative estimate of drug-likeness (QED) is 0.834. The van der Waals surface area contributed by atoms with Crippen molar-refractivity contribution in [3.8, 4) is 0 Å². The number of piperidine rings is 1. The zero-order chi connectivity index (χ0) is 15.5. The molecule has 0 aliphatic carbocycles. The lowest BCUT2D eigenvalue weighted by Crippen LogP contribution is -2.53. The molecule has 0 saturated carbocycles. The Balaban J connectivity index is 1.70. The Morgan fingerprint density at radius 2 is 2.09 bits per heavy atom. The molecule has 3 rings (SSSR count). The van der Waals surface area contributed by atoms with Crippen molar-refractivity contribution < 1.29 is 9.53 Å². The van der Waals surface area contributed by atoms with E-state index in [4.69, 9.17) is 4.74 Å². The SMILES string of the molecule is Cc1cc(CN2CCCCC2C(=O)N2CCOCC2)n(C)n1. The monoisotopic (exact) mass is 306 g/mol. The van der Waals surface area contributed by atoms with Gasteiger partial charge in [0.25, 0.3) is 0 Å². The average Bonchev–Trinajstić information content (AvgIpc) is 2.86. The molecule has 1 amide bonds. The lowest BCUT2D eigenvalue weighted by molar-refractivity contribution is -0.142. The lowest BCUT2D eigenvalue weighted by Gasteiger charge is -2.38. The molecule has 0 aromatic carbocycles. The van der Waals surface area contributed by atoms with Crippen molar-refractivity contribution in [1.29, 1.82) is 0 Å². The third-order valence-electron chi connectivity index (χ3n) is 4.69. The number of amides is 1. The van der Waals surface area contributed by atoms with E-state index in [9.17, 15) is 4.79 Å². The fourth-order valence-corrected chi connectivity index (χ4v) is 3.47. The number of aromatic nitrogens is 2. The molecule has 6 heteroatoms. The van der Waals surface area contributed by atoms with Crippen molar-refractivity contribution in [2.75, 3.05) is 32.8 Å². The van der Waals surface area contributed by atoms with Crippen LogP contribution < -0.4 is 0 Å². The number of morpholine rings is 1. The minimum Gasteiger partial charge on any atom is -0.378 e. The van der Waals surface area contributed by atoms with Gasteiger partial charge in [-0.3, -0.25) is 14.4 Å². The molecule has 1 atom stereocenters. The molecule has 0 bridgehead atoms. The number of hydrogen-bond donors (Lipinski definition) is 0. The Morgan fingerprint density at radius 3 is 2.77 bits per heavy atom. The molecule has 122 valence electrons. The Bertz CT molecular complexity index is 522. The molecule has 2 aliphatic heterocycles. The first-order valence-electron chi connectivity index (χ1n) is 8.25. The van der Waals surface area contributed by atoms with Crippen LogP contribution in [0.15, 0.2) is 6.07 Å². The van der Waals surface area contributed by atoms with Crippen LogP contribution in [0.25, 0.3) is 0 Å². The van der Waals surface area contributed by atoms with Gasteiger partial charge < -0.3 is 9.64 Å². The van der Waals surface area contributed by atoms with Crippen molar-refractivity contribution in [1.82, 2.24) is 19.6 Å². The zero-order valence-corrected chi connectivity index (χ0v) is 13.6. The Hall–Kier alpha value is -1.40. The van der Waals surface area contributed by atoms with Crippen LogP contribution in [0.5, 0.6) is 0 Å². The van der Waals surface area contributed by atoms with E-state index >= 15 is 0 Å². The molecule has 2 saturated heterocycles. The second kappa shape index (κ2) is 6.79. The van der Waals surface area contributed by atoms with Gasteiger partial charge in [0.05, 0.1) is 30.6 Å². The molecule has 6 nitrogen and oxygen atoms in total. The molecule has 1 unspecified atom stereocenters. The van der Waals surface area contributed by atoms with Crippen LogP contribution in [0, 0.1) is 6.92 Å². The summed E-state index contributed by atoms with van der Waals surface area (Å²) in [6.07, 6.45) is 3.28. The molecule has 2 fully saturated rings. The van der Waals surface area contributed by atoms with E-state index in [2.05, 4.69) is 16.1 Å². The summed E-state index contributed by atoms with van der Waals surface area (Å²) >= 11 is 0. The van der Waals surface area contributed by atoms with Gasteiger partial charge in [-0.25, -0.2) is 0 Å². The minimum atomic E-state index is 0.0158. The lowest BCUT2D eigenvalue weighted by atomic mass is 10.0. The smallest absolute Gasteiger partial charge is 0.240 e. The van der Waals surface area contributed by atoms with Crippen LogP contribution in [-0.4, -0.2) is 64.4 Å². The van der Waals surface area contributed by atoms with E-state index in [1.807, 2.05) is 23.6 Å². The molecule has 1 aromatic rings. The molecule has 22 heavy (non-hydrogen) atoms. The largest absolute Gasteiger partial charge is 0.378 e. The molecule has 0 spiro atoms. The summed E-state index contributed by atoms with van der Waals surface area (Å²) in [4.78, 5) is 17.2. The van der Waals surface area contributed by atoms with Crippen molar-refractivity contribution in [2.45, 2.75) is 38.8 Å². The highest BCUT2D eigenvalue weighted by atomic mass is 16.5. The molecule has 1 aromatic heterocycles. The van der Waals surface area contributed by atoms with Gasteiger partial charge in [0.1, 0.15) is 0 Å². The van der Waals surface area contributed by atoms with Crippen LogP contribution in [0.4, 0.5) is 0 Å². The van der Waals surface area contributed by atoms with E-state index in [1.165, 1.54) is 12.1 Å². The summed E-state index contributed by atoms with van der Waals surface area (Å²) in [6, 6.07) is 2.13. The van der Waals surface area contributed by atoms with Crippen LogP contribution in [0.2, 0.25) is 0 Å². The predicted octanol–water partition coefficient (Wildman–Crippen LogP) is 0.942. The first-order chi connectivity index (χ1) is 10.6. The molecule has 0 N–H and O–H groups in total. The minimum absolute atomic E-state index is 0.0158. The predicted molar refractivity (Wildman–Crippen MR) is 83.4 cm³/mol. The standard InChI is InChI=1S/C16H26N4O2/c1-13-11-14(18(2)17-13)12-20-6-4-3-5-15(20)16(21)19-7-9-22-10-8-19/h11,15H,3-10,12H2,1-2H3. The van der Waals surface area contributed by atoms with Gasteiger partial charge in [0.2, 0.25) is 5.91 Å². The van der Waals surface area contributed by atoms with Gasteiger partial charge in [0.15, 0.2) is 0 Å². The van der Waals surface area contributed by atoms with Crippen LogP contribution in [0.3, 0.4) is 0 Å². The van der Waals surface area contributed by atoms with E-state index in [-0.39, 0.29) is 11.9 Å². The third kappa shape index (κ3) is 3.33. The maximum atomic E-state index is 12.9. The first-order valence-corrected chi connectivity index (χ1v) is 8.25. The number of carbonyl (C=O) groups excluding carboxylic acids is 1. The molecule has 0 radical (unpaired) electrons. The fourth-order valence-electron chi connectivity index (χ4n) is 3.47. The van der Waals surface area contributed by atoms with Gasteiger partial charge in [-0.1, -0.05) is 6.42 Å². The summed E-state index contributed by atoms with van der Waals surface area (Å²) in [7, 11) is 1.98. The maximum Gasteiger partial charge on any atom is 0.240 e. The van der Waals surface area contributed by atoms with Gasteiger partial charge >= 0.3 is 0 Å². The summed E-state index contributed by atoms with van der Waals surface area (Å²) in [5, 5.41) is 4.41. The molecular formula is C16H26N4O2.